The molecule has 3 nitrogen and oxygen atoms in total. The maximum atomic E-state index is 11.9. The first kappa shape index (κ1) is 15.5. The van der Waals surface area contributed by atoms with Crippen molar-refractivity contribution in [3.63, 3.8) is 0 Å². The summed E-state index contributed by atoms with van der Waals surface area (Å²) in [6, 6.07) is 0.395. The van der Waals surface area contributed by atoms with E-state index in [1.54, 1.807) is 0 Å². The molecule has 0 aromatic heterocycles. The standard InChI is InChI=1S/C15H30N2O/c1-4-5-8-11-16-15(18)13(3)17-12(2)14-9-6-7-10-14/h12-14,17H,4-11H2,1-3H3,(H,16,18). The van der Waals surface area contributed by atoms with Gasteiger partial charge in [-0.2, -0.15) is 0 Å². The van der Waals surface area contributed by atoms with Crippen LogP contribution in [0, 0.1) is 5.92 Å². The molecule has 1 rings (SSSR count). The van der Waals surface area contributed by atoms with Gasteiger partial charge in [0.1, 0.15) is 0 Å². The molecule has 0 bridgehead atoms. The van der Waals surface area contributed by atoms with Crippen LogP contribution in [0.1, 0.15) is 65.7 Å². The van der Waals surface area contributed by atoms with E-state index in [-0.39, 0.29) is 11.9 Å². The summed E-state index contributed by atoms with van der Waals surface area (Å²) in [5, 5.41) is 6.46. The lowest BCUT2D eigenvalue weighted by atomic mass is 9.99. The molecule has 0 radical (unpaired) electrons. The average Bonchev–Trinajstić information content (AvgIpc) is 2.88. The van der Waals surface area contributed by atoms with Crippen molar-refractivity contribution in [3.8, 4) is 0 Å². The van der Waals surface area contributed by atoms with Crippen LogP contribution in [-0.2, 0) is 4.79 Å². The Labute approximate surface area is 112 Å². The summed E-state index contributed by atoms with van der Waals surface area (Å²) in [4.78, 5) is 11.9. The Morgan fingerprint density at radius 1 is 1.22 bits per heavy atom. The second kappa shape index (κ2) is 8.52. The van der Waals surface area contributed by atoms with Crippen LogP contribution in [0.5, 0.6) is 0 Å². The van der Waals surface area contributed by atoms with Crippen molar-refractivity contribution in [2.24, 2.45) is 5.92 Å². The van der Waals surface area contributed by atoms with Crippen molar-refractivity contribution in [2.75, 3.05) is 6.54 Å². The molecule has 1 aliphatic carbocycles. The molecule has 0 aromatic rings. The van der Waals surface area contributed by atoms with Gasteiger partial charge in [-0.3, -0.25) is 4.79 Å². The highest BCUT2D eigenvalue weighted by Crippen LogP contribution is 2.27. The fourth-order valence-electron chi connectivity index (χ4n) is 2.80. The van der Waals surface area contributed by atoms with Gasteiger partial charge in [0.15, 0.2) is 0 Å². The molecule has 18 heavy (non-hydrogen) atoms. The van der Waals surface area contributed by atoms with Gasteiger partial charge in [0, 0.05) is 12.6 Å². The van der Waals surface area contributed by atoms with Crippen LogP contribution in [0.15, 0.2) is 0 Å². The third-order valence-corrected chi connectivity index (χ3v) is 4.09. The minimum absolute atomic E-state index is 0.0674. The van der Waals surface area contributed by atoms with Gasteiger partial charge in [0.25, 0.3) is 0 Å². The molecule has 106 valence electrons. The molecule has 2 N–H and O–H groups in total. The highest BCUT2D eigenvalue weighted by molar-refractivity contribution is 5.81. The molecule has 0 saturated heterocycles. The predicted octanol–water partition coefficient (Wildman–Crippen LogP) is 2.85. The van der Waals surface area contributed by atoms with E-state index in [0.29, 0.717) is 6.04 Å². The van der Waals surface area contributed by atoms with E-state index in [2.05, 4.69) is 24.5 Å². The Bertz CT molecular complexity index is 237. The lowest BCUT2D eigenvalue weighted by Gasteiger charge is -2.24. The zero-order chi connectivity index (χ0) is 13.4. The first-order valence-electron chi connectivity index (χ1n) is 7.69. The fraction of sp³-hybridized carbons (Fsp3) is 0.933. The second-order valence-corrected chi connectivity index (χ2v) is 5.72. The fourth-order valence-corrected chi connectivity index (χ4v) is 2.80. The van der Waals surface area contributed by atoms with Gasteiger partial charge in [-0.25, -0.2) is 0 Å². The van der Waals surface area contributed by atoms with Crippen LogP contribution in [0.3, 0.4) is 0 Å². The number of hydrogen-bond donors (Lipinski definition) is 2. The predicted molar refractivity (Wildman–Crippen MR) is 76.6 cm³/mol. The normalized spacial score (nSPS) is 19.7. The van der Waals surface area contributed by atoms with Crippen molar-refractivity contribution < 1.29 is 4.79 Å². The summed E-state index contributed by atoms with van der Waals surface area (Å²) in [5.41, 5.74) is 0. The minimum atomic E-state index is -0.0674. The van der Waals surface area contributed by atoms with Crippen molar-refractivity contribution in [1.29, 1.82) is 0 Å². The Balaban J connectivity index is 2.17. The molecule has 3 heteroatoms. The molecule has 2 unspecified atom stereocenters. The number of carbonyl (C=O) groups excluding carboxylic acids is 1. The van der Waals surface area contributed by atoms with Gasteiger partial charge in [0.05, 0.1) is 6.04 Å². The molecule has 1 fully saturated rings. The van der Waals surface area contributed by atoms with Crippen molar-refractivity contribution >= 4 is 5.91 Å². The van der Waals surface area contributed by atoms with Gasteiger partial charge in [-0.1, -0.05) is 32.6 Å². The molecule has 0 aliphatic heterocycles. The molecular formula is C15H30N2O. The van der Waals surface area contributed by atoms with E-state index < -0.39 is 0 Å². The van der Waals surface area contributed by atoms with Crippen LogP contribution in [0.25, 0.3) is 0 Å². The van der Waals surface area contributed by atoms with Crippen LogP contribution >= 0.6 is 0 Å². The van der Waals surface area contributed by atoms with E-state index in [0.717, 1.165) is 18.9 Å². The van der Waals surface area contributed by atoms with E-state index >= 15 is 0 Å². The Morgan fingerprint density at radius 2 is 1.89 bits per heavy atom. The Kier molecular flexibility index (Phi) is 7.33. The van der Waals surface area contributed by atoms with Gasteiger partial charge in [-0.05, 0) is 39.0 Å². The minimum Gasteiger partial charge on any atom is -0.355 e. The van der Waals surface area contributed by atoms with Crippen molar-refractivity contribution in [1.82, 2.24) is 10.6 Å². The maximum Gasteiger partial charge on any atom is 0.236 e. The molecule has 0 heterocycles. The quantitative estimate of drug-likeness (QED) is 0.654. The first-order valence-corrected chi connectivity index (χ1v) is 7.69. The van der Waals surface area contributed by atoms with E-state index in [1.807, 2.05) is 6.92 Å². The molecule has 1 amide bonds. The third kappa shape index (κ3) is 5.38. The highest BCUT2D eigenvalue weighted by atomic mass is 16.2. The summed E-state index contributed by atoms with van der Waals surface area (Å²) in [6.45, 7) is 7.18. The highest BCUT2D eigenvalue weighted by Gasteiger charge is 2.24. The third-order valence-electron chi connectivity index (χ3n) is 4.09. The van der Waals surface area contributed by atoms with Gasteiger partial charge < -0.3 is 10.6 Å². The molecule has 0 aromatic carbocycles. The van der Waals surface area contributed by atoms with Crippen molar-refractivity contribution in [3.05, 3.63) is 0 Å². The monoisotopic (exact) mass is 254 g/mol. The van der Waals surface area contributed by atoms with E-state index in [1.165, 1.54) is 38.5 Å². The van der Waals surface area contributed by atoms with Crippen molar-refractivity contribution in [2.45, 2.75) is 77.8 Å². The van der Waals surface area contributed by atoms with Gasteiger partial charge >= 0.3 is 0 Å². The number of amides is 1. The van der Waals surface area contributed by atoms with Gasteiger partial charge in [0.2, 0.25) is 5.91 Å². The maximum absolute atomic E-state index is 11.9. The first-order chi connectivity index (χ1) is 8.65. The lowest BCUT2D eigenvalue weighted by molar-refractivity contribution is -0.123. The average molecular weight is 254 g/mol. The molecule has 0 spiro atoms. The summed E-state index contributed by atoms with van der Waals surface area (Å²) < 4.78 is 0. The topological polar surface area (TPSA) is 41.1 Å². The number of unbranched alkanes of at least 4 members (excludes halogenated alkanes) is 2. The zero-order valence-electron chi connectivity index (χ0n) is 12.3. The molecule has 1 saturated carbocycles. The second-order valence-electron chi connectivity index (χ2n) is 5.72. The van der Waals surface area contributed by atoms with Crippen LogP contribution in [0.4, 0.5) is 0 Å². The van der Waals surface area contributed by atoms with Gasteiger partial charge in [-0.15, -0.1) is 0 Å². The SMILES string of the molecule is CCCCCNC(=O)C(C)NC(C)C1CCCC1. The van der Waals surface area contributed by atoms with Crippen LogP contribution in [0.2, 0.25) is 0 Å². The summed E-state index contributed by atoms with van der Waals surface area (Å²) in [5.74, 6) is 0.913. The Hall–Kier alpha value is -0.570. The largest absolute Gasteiger partial charge is 0.355 e. The zero-order valence-corrected chi connectivity index (χ0v) is 12.3. The summed E-state index contributed by atoms with van der Waals surface area (Å²) >= 11 is 0. The van der Waals surface area contributed by atoms with Crippen LogP contribution < -0.4 is 10.6 Å². The van der Waals surface area contributed by atoms with E-state index in [9.17, 15) is 4.79 Å². The van der Waals surface area contributed by atoms with Crippen LogP contribution in [-0.4, -0.2) is 24.5 Å². The summed E-state index contributed by atoms with van der Waals surface area (Å²) in [6.07, 6.45) is 8.83. The number of hydrogen-bond acceptors (Lipinski definition) is 2. The lowest BCUT2D eigenvalue weighted by Crippen LogP contribution is -2.47. The molecule has 1 aliphatic rings. The number of nitrogens with one attached hydrogen (secondary N) is 2. The smallest absolute Gasteiger partial charge is 0.236 e. The summed E-state index contributed by atoms with van der Waals surface area (Å²) in [7, 11) is 0. The number of rotatable bonds is 8. The van der Waals surface area contributed by atoms with E-state index in [4.69, 9.17) is 0 Å². The molecular weight excluding hydrogens is 224 g/mol. The number of carbonyl (C=O) groups is 1. The molecule has 2 atom stereocenters. The Morgan fingerprint density at radius 3 is 2.50 bits per heavy atom.